The van der Waals surface area contributed by atoms with E-state index < -0.39 is 0 Å². The van der Waals surface area contributed by atoms with Gasteiger partial charge < -0.3 is 24.8 Å². The third-order valence-electron chi connectivity index (χ3n) is 3.58. The molecular formula is C18H29N3O3. The van der Waals surface area contributed by atoms with Gasteiger partial charge in [0, 0.05) is 19.7 Å². The van der Waals surface area contributed by atoms with Gasteiger partial charge >= 0.3 is 0 Å². The average molecular weight is 335 g/mol. The van der Waals surface area contributed by atoms with Gasteiger partial charge in [-0.25, -0.2) is 4.99 Å². The van der Waals surface area contributed by atoms with E-state index in [1.807, 2.05) is 18.2 Å². The van der Waals surface area contributed by atoms with Crippen LogP contribution in [0.5, 0.6) is 11.5 Å². The molecule has 2 N–H and O–H groups in total. The molecule has 0 spiro atoms. The molecule has 0 aromatic heterocycles. The maximum atomic E-state index is 5.61. The van der Waals surface area contributed by atoms with Gasteiger partial charge in [-0.2, -0.15) is 0 Å². The number of guanidine groups is 1. The van der Waals surface area contributed by atoms with E-state index in [9.17, 15) is 0 Å². The van der Waals surface area contributed by atoms with Gasteiger partial charge in [0.1, 0.15) is 0 Å². The summed E-state index contributed by atoms with van der Waals surface area (Å²) in [4.78, 5) is 4.60. The Morgan fingerprint density at radius 3 is 2.83 bits per heavy atom. The monoisotopic (exact) mass is 335 g/mol. The van der Waals surface area contributed by atoms with Gasteiger partial charge in [0.2, 0.25) is 6.79 Å². The van der Waals surface area contributed by atoms with E-state index in [0.29, 0.717) is 25.9 Å². The summed E-state index contributed by atoms with van der Waals surface area (Å²) in [5.74, 6) is 3.06. The minimum atomic E-state index is 0.295. The first-order valence-electron chi connectivity index (χ1n) is 8.67. The molecule has 24 heavy (non-hydrogen) atoms. The van der Waals surface area contributed by atoms with E-state index in [-0.39, 0.29) is 0 Å². The normalized spacial score (nSPS) is 13.4. The lowest BCUT2D eigenvalue weighted by molar-refractivity contribution is 0.128. The summed E-state index contributed by atoms with van der Waals surface area (Å²) >= 11 is 0. The van der Waals surface area contributed by atoms with Crippen molar-refractivity contribution in [1.82, 2.24) is 10.6 Å². The summed E-state index contributed by atoms with van der Waals surface area (Å²) in [5, 5.41) is 6.53. The zero-order valence-electron chi connectivity index (χ0n) is 14.9. The topological polar surface area (TPSA) is 64.1 Å². The highest BCUT2D eigenvalue weighted by atomic mass is 16.7. The zero-order valence-corrected chi connectivity index (χ0v) is 14.9. The van der Waals surface area contributed by atoms with E-state index in [4.69, 9.17) is 14.2 Å². The van der Waals surface area contributed by atoms with Crippen LogP contribution in [0.4, 0.5) is 0 Å². The third-order valence-corrected chi connectivity index (χ3v) is 3.58. The van der Waals surface area contributed by atoms with E-state index in [1.165, 1.54) is 0 Å². The Morgan fingerprint density at radius 2 is 2.04 bits per heavy atom. The lowest BCUT2D eigenvalue weighted by Crippen LogP contribution is -2.39. The second kappa shape index (κ2) is 10.0. The molecule has 1 aliphatic heterocycles. The Hall–Kier alpha value is -1.95. The van der Waals surface area contributed by atoms with Crippen molar-refractivity contribution in [3.8, 4) is 11.5 Å². The Kier molecular flexibility index (Phi) is 7.68. The standard InChI is InChI=1S/C18H29N3O3/c1-4-19-18(20-8-10-22-9-7-14(2)3)21-12-15-5-6-16-17(11-15)24-13-23-16/h5-6,11,14H,4,7-10,12-13H2,1-3H3,(H2,19,20,21). The summed E-state index contributed by atoms with van der Waals surface area (Å²) in [5.41, 5.74) is 1.09. The third kappa shape index (κ3) is 6.28. The van der Waals surface area contributed by atoms with Crippen LogP contribution in [-0.2, 0) is 11.3 Å². The summed E-state index contributed by atoms with van der Waals surface area (Å²) in [6, 6.07) is 5.91. The first kappa shape index (κ1) is 18.4. The predicted molar refractivity (Wildman–Crippen MR) is 95.7 cm³/mol. The molecule has 0 saturated carbocycles. The molecule has 0 bridgehead atoms. The lowest BCUT2D eigenvalue weighted by Gasteiger charge is -2.12. The van der Waals surface area contributed by atoms with E-state index >= 15 is 0 Å². The van der Waals surface area contributed by atoms with Crippen LogP contribution in [0.1, 0.15) is 32.8 Å². The van der Waals surface area contributed by atoms with E-state index in [2.05, 4.69) is 36.4 Å². The SMILES string of the molecule is CCNC(=NCc1ccc2c(c1)OCO2)NCCOCCC(C)C. The smallest absolute Gasteiger partial charge is 0.231 e. The number of fused-ring (bicyclic) bond motifs is 1. The molecule has 0 saturated heterocycles. The molecule has 1 aromatic carbocycles. The second-order valence-electron chi connectivity index (χ2n) is 6.10. The quantitative estimate of drug-likeness (QED) is 0.412. The van der Waals surface area contributed by atoms with Gasteiger partial charge in [0.15, 0.2) is 17.5 Å². The van der Waals surface area contributed by atoms with Crippen molar-refractivity contribution in [3.63, 3.8) is 0 Å². The molecule has 6 heteroatoms. The molecule has 1 aromatic rings. The predicted octanol–water partition coefficient (Wildman–Crippen LogP) is 2.53. The molecular weight excluding hydrogens is 306 g/mol. The number of nitrogens with one attached hydrogen (secondary N) is 2. The highest BCUT2D eigenvalue weighted by Gasteiger charge is 2.12. The fourth-order valence-corrected chi connectivity index (χ4v) is 2.21. The van der Waals surface area contributed by atoms with Gasteiger partial charge in [-0.15, -0.1) is 0 Å². The molecule has 6 nitrogen and oxygen atoms in total. The molecule has 1 aliphatic rings. The minimum absolute atomic E-state index is 0.295. The van der Waals surface area contributed by atoms with Crippen LogP contribution < -0.4 is 20.1 Å². The molecule has 0 atom stereocenters. The van der Waals surface area contributed by atoms with E-state index in [1.54, 1.807) is 0 Å². The van der Waals surface area contributed by atoms with Crippen molar-refractivity contribution < 1.29 is 14.2 Å². The van der Waals surface area contributed by atoms with Gasteiger partial charge in [-0.1, -0.05) is 19.9 Å². The van der Waals surface area contributed by atoms with Gasteiger partial charge in [0.05, 0.1) is 13.2 Å². The van der Waals surface area contributed by atoms with Crippen LogP contribution in [0.3, 0.4) is 0 Å². The van der Waals surface area contributed by atoms with Crippen LogP contribution in [0.15, 0.2) is 23.2 Å². The molecule has 134 valence electrons. The van der Waals surface area contributed by atoms with Crippen LogP contribution in [0.25, 0.3) is 0 Å². The Morgan fingerprint density at radius 1 is 1.21 bits per heavy atom. The lowest BCUT2D eigenvalue weighted by atomic mass is 10.1. The minimum Gasteiger partial charge on any atom is -0.454 e. The van der Waals surface area contributed by atoms with Crippen molar-refractivity contribution in [3.05, 3.63) is 23.8 Å². The van der Waals surface area contributed by atoms with Crippen molar-refractivity contribution in [1.29, 1.82) is 0 Å². The molecule has 0 amide bonds. The summed E-state index contributed by atoms with van der Waals surface area (Å²) in [6.07, 6.45) is 1.10. The number of hydrogen-bond donors (Lipinski definition) is 2. The number of benzene rings is 1. The van der Waals surface area contributed by atoms with Crippen molar-refractivity contribution >= 4 is 5.96 Å². The van der Waals surface area contributed by atoms with E-state index in [0.717, 1.165) is 49.1 Å². The number of ether oxygens (including phenoxy) is 3. The first-order chi connectivity index (χ1) is 11.7. The molecule has 0 radical (unpaired) electrons. The van der Waals surface area contributed by atoms with Crippen molar-refractivity contribution in [2.45, 2.75) is 33.7 Å². The molecule has 0 aliphatic carbocycles. The Bertz CT molecular complexity index is 532. The van der Waals surface area contributed by atoms with Crippen LogP contribution in [0, 0.1) is 5.92 Å². The fourth-order valence-electron chi connectivity index (χ4n) is 2.21. The highest BCUT2D eigenvalue weighted by molar-refractivity contribution is 5.79. The first-order valence-corrected chi connectivity index (χ1v) is 8.67. The van der Waals surface area contributed by atoms with Crippen LogP contribution >= 0.6 is 0 Å². The maximum absolute atomic E-state index is 5.61. The number of aliphatic imine (C=N–C) groups is 1. The molecule has 2 rings (SSSR count). The Labute approximate surface area is 144 Å². The van der Waals surface area contributed by atoms with Gasteiger partial charge in [-0.05, 0) is 37.0 Å². The molecule has 0 unspecified atom stereocenters. The average Bonchev–Trinajstić information content (AvgIpc) is 3.03. The molecule has 1 heterocycles. The summed E-state index contributed by atoms with van der Waals surface area (Å²) in [6.45, 7) is 10.4. The number of rotatable bonds is 9. The Balaban J connectivity index is 1.75. The van der Waals surface area contributed by atoms with Gasteiger partial charge in [0.25, 0.3) is 0 Å². The second-order valence-corrected chi connectivity index (χ2v) is 6.10. The van der Waals surface area contributed by atoms with Crippen LogP contribution in [0.2, 0.25) is 0 Å². The fraction of sp³-hybridized carbons (Fsp3) is 0.611. The van der Waals surface area contributed by atoms with Crippen LogP contribution in [-0.4, -0.2) is 39.1 Å². The largest absolute Gasteiger partial charge is 0.454 e. The summed E-state index contributed by atoms with van der Waals surface area (Å²) < 4.78 is 16.3. The summed E-state index contributed by atoms with van der Waals surface area (Å²) in [7, 11) is 0. The molecule has 0 fully saturated rings. The zero-order chi connectivity index (χ0) is 17.2. The number of hydrogen-bond acceptors (Lipinski definition) is 4. The van der Waals surface area contributed by atoms with Gasteiger partial charge in [-0.3, -0.25) is 0 Å². The van der Waals surface area contributed by atoms with Crippen molar-refractivity contribution in [2.24, 2.45) is 10.9 Å². The van der Waals surface area contributed by atoms with Crippen molar-refractivity contribution in [2.75, 3.05) is 33.1 Å². The number of nitrogens with zero attached hydrogens (tertiary/aromatic N) is 1. The maximum Gasteiger partial charge on any atom is 0.231 e. The highest BCUT2D eigenvalue weighted by Crippen LogP contribution is 2.32.